The molecule has 0 aliphatic rings. The van der Waals surface area contributed by atoms with Gasteiger partial charge in [0, 0.05) is 5.02 Å². The van der Waals surface area contributed by atoms with E-state index < -0.39 is 11.9 Å². The summed E-state index contributed by atoms with van der Waals surface area (Å²) < 4.78 is 15.9. The molecule has 160 valence electrons. The molecule has 5 nitrogen and oxygen atoms in total. The maximum atomic E-state index is 12.1. The van der Waals surface area contributed by atoms with Gasteiger partial charge in [0.2, 0.25) is 0 Å². The van der Waals surface area contributed by atoms with Crippen LogP contribution in [0.2, 0.25) is 5.02 Å². The summed E-state index contributed by atoms with van der Waals surface area (Å²) in [5.74, 6) is -0.109. The van der Waals surface area contributed by atoms with Gasteiger partial charge in [-0.25, -0.2) is 9.59 Å². The number of hydrogen-bond acceptors (Lipinski definition) is 5. The van der Waals surface area contributed by atoms with E-state index in [4.69, 9.17) is 25.8 Å². The Morgan fingerprint density at radius 2 is 1.61 bits per heavy atom. The third-order valence-corrected chi connectivity index (χ3v) is 4.92. The average Bonchev–Trinajstić information content (AvgIpc) is 2.78. The van der Waals surface area contributed by atoms with Crippen molar-refractivity contribution < 1.29 is 23.8 Å². The number of ether oxygens (including phenoxy) is 3. The molecule has 0 unspecified atom stereocenters. The lowest BCUT2D eigenvalue weighted by Gasteiger charge is -2.09. The summed E-state index contributed by atoms with van der Waals surface area (Å²) in [4.78, 5) is 24.1. The van der Waals surface area contributed by atoms with Crippen LogP contribution in [0.5, 0.6) is 11.5 Å². The van der Waals surface area contributed by atoms with Crippen LogP contribution in [0.3, 0.4) is 0 Å². The molecule has 0 radical (unpaired) electrons. The van der Waals surface area contributed by atoms with Crippen molar-refractivity contribution in [2.75, 3.05) is 13.2 Å². The van der Waals surface area contributed by atoms with E-state index in [9.17, 15) is 9.59 Å². The zero-order chi connectivity index (χ0) is 22.1. The Morgan fingerprint density at radius 3 is 2.32 bits per heavy atom. The van der Waals surface area contributed by atoms with Crippen LogP contribution in [-0.2, 0) is 16.0 Å². The average molecular weight is 439 g/mol. The van der Waals surface area contributed by atoms with Gasteiger partial charge in [0.1, 0.15) is 11.5 Å². The number of hydrogen-bond donors (Lipinski definition) is 0. The topological polar surface area (TPSA) is 61.8 Å². The van der Waals surface area contributed by atoms with E-state index in [1.807, 2.05) is 37.3 Å². The smallest absolute Gasteiger partial charge is 0.349 e. The molecule has 0 spiro atoms. The summed E-state index contributed by atoms with van der Waals surface area (Å²) in [7, 11) is 0. The molecule has 0 N–H and O–H groups in total. The van der Waals surface area contributed by atoms with Crippen molar-refractivity contribution in [2.45, 2.75) is 19.8 Å². The van der Waals surface area contributed by atoms with Crippen LogP contribution in [0.25, 0.3) is 0 Å². The quantitative estimate of drug-likeness (QED) is 0.253. The van der Waals surface area contributed by atoms with Crippen molar-refractivity contribution >= 4 is 23.5 Å². The first-order valence-electron chi connectivity index (χ1n) is 9.92. The van der Waals surface area contributed by atoms with Gasteiger partial charge in [-0.1, -0.05) is 41.9 Å². The normalized spacial score (nSPS) is 10.4. The summed E-state index contributed by atoms with van der Waals surface area (Å²) in [5.41, 5.74) is 2.46. The van der Waals surface area contributed by atoms with Crippen molar-refractivity contribution in [3.63, 3.8) is 0 Å². The van der Waals surface area contributed by atoms with Gasteiger partial charge in [-0.05, 0) is 73.4 Å². The van der Waals surface area contributed by atoms with E-state index in [0.717, 1.165) is 18.4 Å². The molecule has 0 aliphatic heterocycles. The number of benzene rings is 3. The van der Waals surface area contributed by atoms with E-state index in [-0.39, 0.29) is 6.61 Å². The van der Waals surface area contributed by atoms with E-state index >= 15 is 0 Å². The third-order valence-electron chi connectivity index (χ3n) is 4.49. The molecular formula is C25H23ClO5. The Labute approximate surface area is 186 Å². The Morgan fingerprint density at radius 1 is 0.903 bits per heavy atom. The van der Waals surface area contributed by atoms with Crippen LogP contribution >= 0.6 is 11.6 Å². The maximum absolute atomic E-state index is 12.1. The molecule has 3 aromatic carbocycles. The molecule has 6 heteroatoms. The molecule has 31 heavy (non-hydrogen) atoms. The van der Waals surface area contributed by atoms with Gasteiger partial charge in [0.05, 0.1) is 12.2 Å². The fourth-order valence-electron chi connectivity index (χ4n) is 2.84. The van der Waals surface area contributed by atoms with Gasteiger partial charge in [-0.15, -0.1) is 0 Å². The van der Waals surface area contributed by atoms with Gasteiger partial charge < -0.3 is 14.2 Å². The van der Waals surface area contributed by atoms with Crippen molar-refractivity contribution in [1.82, 2.24) is 0 Å². The third kappa shape index (κ3) is 7.15. The van der Waals surface area contributed by atoms with Gasteiger partial charge >= 0.3 is 11.9 Å². The summed E-state index contributed by atoms with van der Waals surface area (Å²) in [6, 6.07) is 21.4. The molecule has 0 aromatic heterocycles. The van der Waals surface area contributed by atoms with Crippen molar-refractivity contribution in [2.24, 2.45) is 0 Å². The van der Waals surface area contributed by atoms with Gasteiger partial charge in [0.25, 0.3) is 0 Å². The number of esters is 2. The molecule has 3 rings (SSSR count). The summed E-state index contributed by atoms with van der Waals surface area (Å²) in [6.07, 6.45) is 1.60. The predicted molar refractivity (Wildman–Crippen MR) is 119 cm³/mol. The lowest BCUT2D eigenvalue weighted by molar-refractivity contribution is -0.136. The highest BCUT2D eigenvalue weighted by Gasteiger charge is 2.10. The molecule has 0 aliphatic carbocycles. The lowest BCUT2D eigenvalue weighted by atomic mass is 10.1. The Kier molecular flexibility index (Phi) is 8.07. The minimum atomic E-state index is -0.552. The largest absolute Gasteiger partial charge is 0.482 e. The zero-order valence-corrected chi connectivity index (χ0v) is 17.9. The van der Waals surface area contributed by atoms with Crippen molar-refractivity contribution in [3.05, 3.63) is 94.5 Å². The van der Waals surface area contributed by atoms with E-state index in [0.29, 0.717) is 28.7 Å². The minimum Gasteiger partial charge on any atom is -0.482 e. The molecule has 0 atom stereocenters. The first-order chi connectivity index (χ1) is 15.0. The molecule has 0 bridgehead atoms. The van der Waals surface area contributed by atoms with Crippen LogP contribution < -0.4 is 9.47 Å². The molecule has 0 saturated heterocycles. The number of carbonyl (C=O) groups excluding carboxylic acids is 2. The highest BCUT2D eigenvalue weighted by Crippen LogP contribution is 2.21. The molecular weight excluding hydrogens is 416 g/mol. The van der Waals surface area contributed by atoms with Gasteiger partial charge in [-0.2, -0.15) is 0 Å². The summed E-state index contributed by atoms with van der Waals surface area (Å²) >= 11 is 5.97. The second-order valence-corrected chi connectivity index (χ2v) is 7.33. The maximum Gasteiger partial charge on any atom is 0.349 e. The zero-order valence-electron chi connectivity index (χ0n) is 17.2. The molecule has 0 fully saturated rings. The number of rotatable bonds is 9. The van der Waals surface area contributed by atoms with Crippen LogP contribution in [0.1, 0.15) is 27.9 Å². The Hall–Kier alpha value is -3.31. The standard InChI is InChI=1S/C25H23ClO5/c1-18-16-22(13-14-23(18)26)30-17-24(27)31-21-11-9-20(10-12-21)25(28)29-15-5-8-19-6-3-2-4-7-19/h2-4,6-7,9-14,16H,5,8,15,17H2,1H3. The van der Waals surface area contributed by atoms with Crippen LogP contribution in [0.4, 0.5) is 0 Å². The molecule has 0 saturated carbocycles. The monoisotopic (exact) mass is 438 g/mol. The SMILES string of the molecule is Cc1cc(OCC(=O)Oc2ccc(C(=O)OCCCc3ccccc3)cc2)ccc1Cl. The number of carbonyl (C=O) groups is 2. The lowest BCUT2D eigenvalue weighted by Crippen LogP contribution is -2.17. The molecule has 3 aromatic rings. The Bertz CT molecular complexity index is 1020. The van der Waals surface area contributed by atoms with E-state index in [1.165, 1.54) is 5.56 Å². The molecule has 0 heterocycles. The first kappa shape index (κ1) is 22.4. The van der Waals surface area contributed by atoms with Crippen molar-refractivity contribution in [3.8, 4) is 11.5 Å². The van der Waals surface area contributed by atoms with Crippen molar-refractivity contribution in [1.29, 1.82) is 0 Å². The fraction of sp³-hybridized carbons (Fsp3) is 0.200. The minimum absolute atomic E-state index is 0.244. The molecule has 0 amide bonds. The predicted octanol–water partition coefficient (Wildman–Crippen LogP) is 5.42. The second-order valence-electron chi connectivity index (χ2n) is 6.92. The number of aryl methyl sites for hydroxylation is 2. The Balaban J connectivity index is 1.40. The summed E-state index contributed by atoms with van der Waals surface area (Å²) in [5, 5.41) is 0.629. The fourth-order valence-corrected chi connectivity index (χ4v) is 2.96. The number of halogens is 1. The summed E-state index contributed by atoms with van der Waals surface area (Å²) in [6.45, 7) is 1.95. The first-order valence-corrected chi connectivity index (χ1v) is 10.3. The van der Waals surface area contributed by atoms with Crippen LogP contribution in [0, 0.1) is 6.92 Å². The second kappa shape index (κ2) is 11.2. The van der Waals surface area contributed by atoms with Gasteiger partial charge in [0.15, 0.2) is 6.61 Å². The highest BCUT2D eigenvalue weighted by molar-refractivity contribution is 6.31. The van der Waals surface area contributed by atoms with Crippen LogP contribution in [0.15, 0.2) is 72.8 Å². The van der Waals surface area contributed by atoms with E-state index in [1.54, 1.807) is 42.5 Å². The van der Waals surface area contributed by atoms with Gasteiger partial charge in [-0.3, -0.25) is 0 Å². The highest BCUT2D eigenvalue weighted by atomic mass is 35.5. The van der Waals surface area contributed by atoms with Crippen LogP contribution in [-0.4, -0.2) is 25.2 Å². The van der Waals surface area contributed by atoms with E-state index in [2.05, 4.69) is 0 Å².